The largest absolute Gasteiger partial charge is 0.416 e. The highest BCUT2D eigenvalue weighted by atomic mass is 19.4. The number of nitriles is 2. The fraction of sp³-hybridized carbons (Fsp3) is 0.469. The van der Waals surface area contributed by atoms with E-state index in [0.29, 0.717) is 23.3 Å². The molecule has 0 aromatic heterocycles. The Morgan fingerprint density at radius 3 is 2.05 bits per heavy atom. The molecule has 8 rings (SSSR count). The molecule has 2 aromatic rings. The van der Waals surface area contributed by atoms with Crippen molar-refractivity contribution in [2.24, 2.45) is 28.6 Å². The second-order valence-corrected chi connectivity index (χ2v) is 12.5. The second kappa shape index (κ2) is 8.21. The van der Waals surface area contributed by atoms with Crippen molar-refractivity contribution in [3.63, 3.8) is 0 Å². The number of hydrogen-bond donors (Lipinski definition) is 0. The first-order valence-corrected chi connectivity index (χ1v) is 13.8. The first kappa shape index (κ1) is 24.5. The number of carbonyl (C=O) groups excluding carboxylic acids is 1. The molecule has 2 aliphatic heterocycles. The highest BCUT2D eigenvalue weighted by molar-refractivity contribution is 5.97. The Bertz CT molecular complexity index is 1410. The fourth-order valence-electron chi connectivity index (χ4n) is 9.21. The Morgan fingerprint density at radius 2 is 1.49 bits per heavy atom. The first-order chi connectivity index (χ1) is 18.7. The maximum atomic E-state index is 15.0. The van der Waals surface area contributed by atoms with Crippen LogP contribution >= 0.6 is 0 Å². The molecule has 0 unspecified atom stereocenters. The molecule has 7 heteroatoms. The van der Waals surface area contributed by atoms with Crippen LogP contribution in [0.25, 0.3) is 6.08 Å². The van der Waals surface area contributed by atoms with Crippen LogP contribution in [0, 0.1) is 51.2 Å². The number of hydrogen-bond acceptors (Lipinski definition) is 4. The van der Waals surface area contributed by atoms with E-state index in [9.17, 15) is 23.7 Å². The van der Waals surface area contributed by atoms with Gasteiger partial charge in [0, 0.05) is 17.0 Å². The average Bonchev–Trinajstić information content (AvgIpc) is 3.22. The van der Waals surface area contributed by atoms with Crippen LogP contribution in [0.3, 0.4) is 0 Å². The maximum Gasteiger partial charge on any atom is 0.416 e. The van der Waals surface area contributed by atoms with Gasteiger partial charge in [0.05, 0.1) is 29.8 Å². The van der Waals surface area contributed by atoms with Gasteiger partial charge >= 0.3 is 6.18 Å². The smallest absolute Gasteiger partial charge is 0.351 e. The second-order valence-electron chi connectivity index (χ2n) is 12.5. The average molecular weight is 528 g/mol. The van der Waals surface area contributed by atoms with Crippen molar-refractivity contribution >= 4 is 17.5 Å². The molecule has 4 aliphatic carbocycles. The number of anilines is 1. The molecule has 5 fully saturated rings. The minimum absolute atomic E-state index is 0.0639. The van der Waals surface area contributed by atoms with E-state index in [4.69, 9.17) is 0 Å². The van der Waals surface area contributed by atoms with Gasteiger partial charge in [-0.2, -0.15) is 23.7 Å². The molecule has 3 atom stereocenters. The lowest BCUT2D eigenvalue weighted by atomic mass is 9.47. The minimum Gasteiger partial charge on any atom is -0.351 e. The van der Waals surface area contributed by atoms with Gasteiger partial charge in [-0.3, -0.25) is 4.79 Å². The zero-order valence-corrected chi connectivity index (χ0v) is 21.4. The van der Waals surface area contributed by atoms with E-state index in [1.54, 1.807) is 0 Å². The lowest BCUT2D eigenvalue weighted by molar-refractivity contribution is -0.145. The van der Waals surface area contributed by atoms with Gasteiger partial charge in [0.25, 0.3) is 0 Å². The number of rotatable bonds is 3. The molecular formula is C32H28F3N3O. The van der Waals surface area contributed by atoms with Crippen molar-refractivity contribution in [3.8, 4) is 12.1 Å². The van der Waals surface area contributed by atoms with Crippen LogP contribution in [-0.4, -0.2) is 17.9 Å². The van der Waals surface area contributed by atoms with E-state index in [-0.39, 0.29) is 5.78 Å². The van der Waals surface area contributed by atoms with E-state index in [2.05, 4.69) is 12.1 Å². The van der Waals surface area contributed by atoms with Crippen LogP contribution < -0.4 is 4.90 Å². The number of nitrogens with zero attached hydrogens (tertiary/aromatic N) is 3. The Hall–Kier alpha value is -3.58. The molecule has 2 aromatic carbocycles. The van der Waals surface area contributed by atoms with E-state index >= 15 is 4.79 Å². The molecule has 2 heterocycles. The third kappa shape index (κ3) is 3.38. The predicted octanol–water partition coefficient (Wildman–Crippen LogP) is 6.89. The van der Waals surface area contributed by atoms with Crippen molar-refractivity contribution < 1.29 is 18.0 Å². The molecule has 6 aliphatic rings. The summed E-state index contributed by atoms with van der Waals surface area (Å²) in [5.74, 6) is 0.733. The molecule has 1 saturated heterocycles. The highest BCUT2D eigenvalue weighted by Crippen LogP contribution is 2.63. The molecule has 198 valence electrons. The Balaban J connectivity index is 1.42. The zero-order valence-electron chi connectivity index (χ0n) is 21.4. The number of halogens is 3. The summed E-state index contributed by atoms with van der Waals surface area (Å²) in [5, 5.41) is 21.3. The third-order valence-electron chi connectivity index (χ3n) is 10.3. The number of ketones is 1. The van der Waals surface area contributed by atoms with E-state index in [0.717, 1.165) is 61.9 Å². The van der Waals surface area contributed by atoms with E-state index in [1.165, 1.54) is 12.1 Å². The number of fused-ring (bicyclic) bond motifs is 3. The first-order valence-electron chi connectivity index (χ1n) is 13.8. The van der Waals surface area contributed by atoms with Crippen molar-refractivity contribution in [3.05, 3.63) is 71.3 Å². The molecule has 0 N–H and O–H groups in total. The monoisotopic (exact) mass is 527 g/mol. The summed E-state index contributed by atoms with van der Waals surface area (Å²) in [7, 11) is 0. The number of para-hydroxylation sites is 1. The van der Waals surface area contributed by atoms with Gasteiger partial charge in [-0.15, -0.1) is 0 Å². The van der Waals surface area contributed by atoms with Crippen LogP contribution in [0.15, 0.2) is 54.6 Å². The summed E-state index contributed by atoms with van der Waals surface area (Å²) in [6.45, 7) is 0. The van der Waals surface area contributed by atoms with Gasteiger partial charge in [-0.1, -0.05) is 42.5 Å². The molecule has 39 heavy (non-hydrogen) atoms. The standard InChI is InChI=1S/C32H28F3N3O/c33-32(34,35)24-8-5-23(6-9-24)27-28(29(39)30-14-19-11-20(15-30)13-21(12-19)16-30)38-25-4-2-1-3-22(25)7-10-26(38)31(27,17-36)18-37/h1-10,19-21,26-28H,11-16H2/t19?,20?,21?,26-,27+,28-,30?/m0/s1. The molecule has 4 nitrogen and oxygen atoms in total. The highest BCUT2D eigenvalue weighted by Gasteiger charge is 2.67. The number of Topliss-reactive ketones (excluding diaryl/α,β-unsaturated/α-hetero) is 1. The number of alkyl halides is 3. The molecule has 4 saturated carbocycles. The number of carbonyl (C=O) groups is 1. The van der Waals surface area contributed by atoms with Gasteiger partial charge in [0.2, 0.25) is 0 Å². The van der Waals surface area contributed by atoms with Gasteiger partial charge in [-0.25, -0.2) is 0 Å². The Morgan fingerprint density at radius 1 is 0.897 bits per heavy atom. The molecule has 0 amide bonds. The Kier molecular flexibility index (Phi) is 5.15. The summed E-state index contributed by atoms with van der Waals surface area (Å²) in [6, 6.07) is 15.4. The summed E-state index contributed by atoms with van der Waals surface area (Å²) in [5.41, 5.74) is -0.838. The topological polar surface area (TPSA) is 67.9 Å². The van der Waals surface area contributed by atoms with Gasteiger partial charge in [-0.05, 0) is 85.6 Å². The third-order valence-corrected chi connectivity index (χ3v) is 10.3. The van der Waals surface area contributed by atoms with E-state index in [1.807, 2.05) is 41.3 Å². The van der Waals surface area contributed by atoms with Gasteiger partial charge < -0.3 is 4.90 Å². The van der Waals surface area contributed by atoms with Crippen molar-refractivity contribution in [1.82, 2.24) is 0 Å². The summed E-state index contributed by atoms with van der Waals surface area (Å²) in [6.07, 6.45) is 5.19. The van der Waals surface area contributed by atoms with Crippen molar-refractivity contribution in [1.29, 1.82) is 10.5 Å². The zero-order chi connectivity index (χ0) is 27.2. The van der Waals surface area contributed by atoms with Crippen LogP contribution in [-0.2, 0) is 11.0 Å². The fourth-order valence-corrected chi connectivity index (χ4v) is 9.21. The van der Waals surface area contributed by atoms with Gasteiger partial charge in [0.1, 0.15) is 0 Å². The molecular weight excluding hydrogens is 499 g/mol. The van der Waals surface area contributed by atoms with Crippen molar-refractivity contribution in [2.75, 3.05) is 4.90 Å². The van der Waals surface area contributed by atoms with E-state index < -0.39 is 40.6 Å². The van der Waals surface area contributed by atoms with Crippen LogP contribution in [0.4, 0.5) is 18.9 Å². The van der Waals surface area contributed by atoms with Crippen molar-refractivity contribution in [2.45, 2.75) is 62.7 Å². The minimum atomic E-state index is -4.51. The SMILES string of the molecule is N#CC1(C#N)[C@H](c2ccc(C(F)(F)F)cc2)[C@@H](C(=O)C23CC4CC(CC(C4)C2)C3)N2c3ccccc3C=C[C@H]21. The van der Waals surface area contributed by atoms with Gasteiger partial charge in [0.15, 0.2) is 11.2 Å². The summed E-state index contributed by atoms with van der Waals surface area (Å²) >= 11 is 0. The summed E-state index contributed by atoms with van der Waals surface area (Å²) < 4.78 is 40.3. The van der Waals surface area contributed by atoms with Crippen LogP contribution in [0.5, 0.6) is 0 Å². The summed E-state index contributed by atoms with van der Waals surface area (Å²) in [4.78, 5) is 17.0. The molecule has 0 radical (unpaired) electrons. The van der Waals surface area contributed by atoms with Crippen LogP contribution in [0.1, 0.15) is 61.1 Å². The quantitative estimate of drug-likeness (QED) is 0.436. The predicted molar refractivity (Wildman–Crippen MR) is 139 cm³/mol. The molecule has 4 bridgehead atoms. The lowest BCUT2D eigenvalue weighted by Gasteiger charge is -2.57. The Labute approximate surface area is 225 Å². The molecule has 0 spiro atoms. The van der Waals surface area contributed by atoms with Crippen LogP contribution in [0.2, 0.25) is 0 Å². The lowest BCUT2D eigenvalue weighted by Crippen LogP contribution is -2.56. The normalized spacial score (nSPS) is 35.2. The number of benzene rings is 2. The maximum absolute atomic E-state index is 15.0.